The number of rotatable bonds is 3. The van der Waals surface area contributed by atoms with Crippen LogP contribution in [-0.2, 0) is 0 Å². The Morgan fingerprint density at radius 1 is 1.06 bits per heavy atom. The zero-order valence-corrected chi connectivity index (χ0v) is 10.7. The van der Waals surface area contributed by atoms with Crippen molar-refractivity contribution >= 4 is 5.69 Å². The number of nitrogens with one attached hydrogen (secondary N) is 1. The number of aromatic nitrogens is 2. The molecule has 4 heteroatoms. The van der Waals surface area contributed by atoms with Crippen LogP contribution in [0.15, 0.2) is 6.20 Å². The molecule has 0 unspecified atom stereocenters. The third kappa shape index (κ3) is 1.99. The van der Waals surface area contributed by atoms with Gasteiger partial charge in [-0.25, -0.2) is 9.97 Å². The minimum atomic E-state index is 0.666. The van der Waals surface area contributed by atoms with Crippen LogP contribution in [-0.4, -0.2) is 36.1 Å². The van der Waals surface area contributed by atoms with Crippen molar-refractivity contribution in [1.82, 2.24) is 15.3 Å². The molecule has 1 aromatic rings. The molecule has 0 bridgehead atoms. The minimum Gasteiger partial charge on any atom is -0.366 e. The van der Waals surface area contributed by atoms with Crippen molar-refractivity contribution in [2.75, 3.05) is 31.1 Å². The molecule has 1 saturated heterocycles. The van der Waals surface area contributed by atoms with Gasteiger partial charge in [-0.15, -0.1) is 0 Å². The highest BCUT2D eigenvalue weighted by Gasteiger charge is 2.33. The van der Waals surface area contributed by atoms with Crippen molar-refractivity contribution in [2.24, 2.45) is 0 Å². The summed E-state index contributed by atoms with van der Waals surface area (Å²) in [5.41, 5.74) is 2.65. The van der Waals surface area contributed by atoms with Gasteiger partial charge >= 0.3 is 0 Å². The van der Waals surface area contributed by atoms with Crippen LogP contribution in [0.3, 0.4) is 0 Å². The molecule has 0 aromatic carbocycles. The Kier molecular flexibility index (Phi) is 2.50. The third-order valence-electron chi connectivity index (χ3n) is 4.18. The Morgan fingerprint density at radius 2 is 1.78 bits per heavy atom. The maximum atomic E-state index is 4.90. The lowest BCUT2D eigenvalue weighted by atomic mass is 10.2. The molecule has 0 atom stereocenters. The number of hydrogen-bond acceptors (Lipinski definition) is 4. The fourth-order valence-corrected chi connectivity index (χ4v) is 2.75. The minimum absolute atomic E-state index is 0.666. The van der Waals surface area contributed by atoms with Crippen LogP contribution in [0.1, 0.15) is 49.0 Å². The average Bonchev–Trinajstić information content (AvgIpc) is 3.32. The summed E-state index contributed by atoms with van der Waals surface area (Å²) in [6.07, 6.45) is 7.31. The van der Waals surface area contributed by atoms with E-state index in [0.29, 0.717) is 5.92 Å². The Morgan fingerprint density at radius 3 is 2.44 bits per heavy atom. The maximum absolute atomic E-state index is 4.90. The number of piperazine rings is 1. The summed E-state index contributed by atoms with van der Waals surface area (Å²) in [5.74, 6) is 2.49. The van der Waals surface area contributed by atoms with E-state index >= 15 is 0 Å². The van der Waals surface area contributed by atoms with E-state index in [9.17, 15) is 0 Å². The Bertz CT molecular complexity index is 445. The van der Waals surface area contributed by atoms with Gasteiger partial charge in [-0.05, 0) is 25.7 Å². The monoisotopic (exact) mass is 244 g/mol. The Labute approximate surface area is 108 Å². The van der Waals surface area contributed by atoms with E-state index < -0.39 is 0 Å². The predicted octanol–water partition coefficient (Wildman–Crippen LogP) is 1.64. The molecule has 3 fully saturated rings. The van der Waals surface area contributed by atoms with Gasteiger partial charge in [0.05, 0.1) is 17.6 Å². The van der Waals surface area contributed by atoms with Crippen LogP contribution in [0.4, 0.5) is 5.69 Å². The van der Waals surface area contributed by atoms with Gasteiger partial charge in [0.15, 0.2) is 0 Å². The Hall–Kier alpha value is -1.16. The van der Waals surface area contributed by atoms with Gasteiger partial charge in [-0.2, -0.15) is 0 Å². The molecule has 96 valence electrons. The molecule has 1 N–H and O–H groups in total. The van der Waals surface area contributed by atoms with E-state index in [1.165, 1.54) is 37.1 Å². The molecule has 2 saturated carbocycles. The predicted molar refractivity (Wildman–Crippen MR) is 71.1 cm³/mol. The van der Waals surface area contributed by atoms with Crippen LogP contribution >= 0.6 is 0 Å². The van der Waals surface area contributed by atoms with Crippen LogP contribution < -0.4 is 10.2 Å². The van der Waals surface area contributed by atoms with Gasteiger partial charge in [-0.3, -0.25) is 0 Å². The average molecular weight is 244 g/mol. The smallest absolute Gasteiger partial charge is 0.131 e. The first kappa shape index (κ1) is 10.7. The van der Waals surface area contributed by atoms with Gasteiger partial charge in [-0.1, -0.05) is 0 Å². The topological polar surface area (TPSA) is 41.1 Å². The van der Waals surface area contributed by atoms with Crippen LogP contribution in [0.2, 0.25) is 0 Å². The standard InChI is InChI=1S/C14H20N4/c1-2-10(1)13-12(18-7-5-15-6-8-18)9-16-14(17-13)11-3-4-11/h9-11,15H,1-8H2. The quantitative estimate of drug-likeness (QED) is 0.877. The van der Waals surface area contributed by atoms with Crippen molar-refractivity contribution in [2.45, 2.75) is 37.5 Å². The normalized spacial score (nSPS) is 24.3. The van der Waals surface area contributed by atoms with Gasteiger partial charge in [0.2, 0.25) is 0 Å². The third-order valence-corrected chi connectivity index (χ3v) is 4.18. The van der Waals surface area contributed by atoms with Crippen molar-refractivity contribution in [3.63, 3.8) is 0 Å². The van der Waals surface area contributed by atoms with E-state index in [0.717, 1.165) is 37.9 Å². The Balaban J connectivity index is 1.67. The summed E-state index contributed by atoms with van der Waals surface area (Å²) in [6, 6.07) is 0. The highest BCUT2D eigenvalue weighted by molar-refractivity contribution is 5.52. The molecule has 0 amide bonds. The first-order chi connectivity index (χ1) is 8.92. The van der Waals surface area contributed by atoms with Crippen LogP contribution in [0.5, 0.6) is 0 Å². The first-order valence-electron chi connectivity index (χ1n) is 7.24. The van der Waals surface area contributed by atoms with Gasteiger partial charge < -0.3 is 10.2 Å². The second-order valence-electron chi connectivity index (χ2n) is 5.78. The lowest BCUT2D eigenvalue weighted by Crippen LogP contribution is -2.44. The fourth-order valence-electron chi connectivity index (χ4n) is 2.75. The van der Waals surface area contributed by atoms with Crippen molar-refractivity contribution < 1.29 is 0 Å². The van der Waals surface area contributed by atoms with Crippen molar-refractivity contribution in [3.8, 4) is 0 Å². The highest BCUT2D eigenvalue weighted by atomic mass is 15.2. The lowest BCUT2D eigenvalue weighted by Gasteiger charge is -2.30. The lowest BCUT2D eigenvalue weighted by molar-refractivity contribution is 0.585. The highest BCUT2D eigenvalue weighted by Crippen LogP contribution is 2.45. The van der Waals surface area contributed by atoms with E-state index in [1.54, 1.807) is 0 Å². The van der Waals surface area contributed by atoms with Crippen molar-refractivity contribution in [1.29, 1.82) is 0 Å². The van der Waals surface area contributed by atoms with E-state index in [2.05, 4.69) is 21.4 Å². The van der Waals surface area contributed by atoms with E-state index in [4.69, 9.17) is 4.98 Å². The molecule has 0 spiro atoms. The van der Waals surface area contributed by atoms with E-state index in [-0.39, 0.29) is 0 Å². The molecular formula is C14H20N4. The SMILES string of the molecule is c1nc(C2CC2)nc(C2CC2)c1N1CCNCC1. The first-order valence-corrected chi connectivity index (χ1v) is 7.24. The maximum Gasteiger partial charge on any atom is 0.131 e. The summed E-state index contributed by atoms with van der Waals surface area (Å²) < 4.78 is 0. The molecule has 18 heavy (non-hydrogen) atoms. The fraction of sp³-hybridized carbons (Fsp3) is 0.714. The second kappa shape index (κ2) is 4.19. The molecule has 2 heterocycles. The zero-order chi connectivity index (χ0) is 11.9. The summed E-state index contributed by atoms with van der Waals surface area (Å²) >= 11 is 0. The molecule has 4 nitrogen and oxygen atoms in total. The summed E-state index contributed by atoms with van der Waals surface area (Å²) in [5, 5.41) is 3.41. The number of anilines is 1. The van der Waals surface area contributed by atoms with Crippen molar-refractivity contribution in [3.05, 3.63) is 17.7 Å². The molecule has 4 rings (SSSR count). The zero-order valence-electron chi connectivity index (χ0n) is 10.7. The molecule has 1 aromatic heterocycles. The largest absolute Gasteiger partial charge is 0.366 e. The molecular weight excluding hydrogens is 224 g/mol. The van der Waals surface area contributed by atoms with Gasteiger partial charge in [0.1, 0.15) is 5.82 Å². The van der Waals surface area contributed by atoms with Gasteiger partial charge in [0.25, 0.3) is 0 Å². The molecule has 3 aliphatic rings. The second-order valence-corrected chi connectivity index (χ2v) is 5.78. The summed E-state index contributed by atoms with van der Waals surface area (Å²) in [4.78, 5) is 12.0. The van der Waals surface area contributed by atoms with E-state index in [1.807, 2.05) is 0 Å². The molecule has 0 radical (unpaired) electrons. The van der Waals surface area contributed by atoms with Crippen LogP contribution in [0.25, 0.3) is 0 Å². The van der Waals surface area contributed by atoms with Gasteiger partial charge in [0, 0.05) is 38.0 Å². The summed E-state index contributed by atoms with van der Waals surface area (Å²) in [7, 11) is 0. The number of hydrogen-bond donors (Lipinski definition) is 1. The molecule has 2 aliphatic carbocycles. The van der Waals surface area contributed by atoms with Crippen LogP contribution in [0, 0.1) is 0 Å². The molecule has 1 aliphatic heterocycles. The number of nitrogens with zero attached hydrogens (tertiary/aromatic N) is 3. The summed E-state index contributed by atoms with van der Waals surface area (Å²) in [6.45, 7) is 4.33.